The summed E-state index contributed by atoms with van der Waals surface area (Å²) in [6.45, 7) is 1.21. The fourth-order valence-electron chi connectivity index (χ4n) is 3.11. The van der Waals surface area contributed by atoms with Gasteiger partial charge >= 0.3 is 0 Å². The number of pyridine rings is 2. The number of hydrogen-bond donors (Lipinski definition) is 1. The third kappa shape index (κ3) is 4.52. The van der Waals surface area contributed by atoms with Crippen LogP contribution < -0.4 is 14.8 Å². The standard InChI is InChI=1S/C22H21N3O4/c1-23-21(26)16-11-18(28-17-6-10-27-14-17)13-19(12-16)29-22-20(3-2-7-25-22)15-4-8-24-9-5-15/h2-5,7-9,11-13,17H,6,10,14H2,1H3,(H,23,26). The second kappa shape index (κ2) is 8.70. The molecule has 0 bridgehead atoms. The highest BCUT2D eigenvalue weighted by Crippen LogP contribution is 2.33. The lowest BCUT2D eigenvalue weighted by Gasteiger charge is -2.15. The SMILES string of the molecule is CNC(=O)c1cc(Oc2ncccc2-c2ccncc2)cc(OC2CCOC2)c1. The van der Waals surface area contributed by atoms with Gasteiger partial charge in [-0.1, -0.05) is 0 Å². The predicted molar refractivity (Wildman–Crippen MR) is 107 cm³/mol. The molecular weight excluding hydrogens is 370 g/mol. The van der Waals surface area contributed by atoms with Crippen LogP contribution in [0.5, 0.6) is 17.4 Å². The van der Waals surface area contributed by atoms with Crippen LogP contribution in [0.25, 0.3) is 11.1 Å². The first-order valence-corrected chi connectivity index (χ1v) is 9.38. The van der Waals surface area contributed by atoms with Crippen molar-refractivity contribution < 1.29 is 19.0 Å². The number of rotatable bonds is 6. The number of ether oxygens (including phenoxy) is 3. The number of carbonyl (C=O) groups is 1. The van der Waals surface area contributed by atoms with Gasteiger partial charge in [0.2, 0.25) is 5.88 Å². The predicted octanol–water partition coefficient (Wildman–Crippen LogP) is 3.46. The molecule has 1 saturated heterocycles. The maximum absolute atomic E-state index is 12.2. The molecule has 0 aliphatic carbocycles. The molecule has 0 saturated carbocycles. The molecule has 148 valence electrons. The van der Waals surface area contributed by atoms with Crippen molar-refractivity contribution in [1.82, 2.24) is 15.3 Å². The summed E-state index contributed by atoms with van der Waals surface area (Å²) in [5.41, 5.74) is 2.21. The Hall–Kier alpha value is -3.45. The van der Waals surface area contributed by atoms with E-state index in [2.05, 4.69) is 15.3 Å². The maximum atomic E-state index is 12.2. The first-order chi connectivity index (χ1) is 14.2. The molecular formula is C22H21N3O4. The number of aromatic nitrogens is 2. The van der Waals surface area contributed by atoms with Gasteiger partial charge in [0, 0.05) is 49.3 Å². The van der Waals surface area contributed by atoms with Gasteiger partial charge in [0.15, 0.2) is 0 Å². The largest absolute Gasteiger partial charge is 0.488 e. The maximum Gasteiger partial charge on any atom is 0.251 e. The normalized spacial score (nSPS) is 15.7. The summed E-state index contributed by atoms with van der Waals surface area (Å²) in [7, 11) is 1.58. The van der Waals surface area contributed by atoms with Crippen LogP contribution in [-0.4, -0.2) is 42.2 Å². The van der Waals surface area contributed by atoms with Crippen LogP contribution in [0.3, 0.4) is 0 Å². The molecule has 3 aromatic rings. The zero-order valence-corrected chi connectivity index (χ0v) is 16.0. The molecule has 0 radical (unpaired) electrons. The molecule has 7 heteroatoms. The minimum atomic E-state index is -0.224. The van der Waals surface area contributed by atoms with Crippen molar-refractivity contribution in [2.45, 2.75) is 12.5 Å². The monoisotopic (exact) mass is 391 g/mol. The smallest absolute Gasteiger partial charge is 0.251 e. The summed E-state index contributed by atoms with van der Waals surface area (Å²) in [4.78, 5) is 20.7. The summed E-state index contributed by atoms with van der Waals surface area (Å²) >= 11 is 0. The van der Waals surface area contributed by atoms with E-state index in [9.17, 15) is 4.79 Å². The molecule has 0 spiro atoms. The van der Waals surface area contributed by atoms with E-state index in [0.717, 1.165) is 17.5 Å². The van der Waals surface area contributed by atoms with E-state index in [4.69, 9.17) is 14.2 Å². The molecule has 3 heterocycles. The Bertz CT molecular complexity index is 988. The number of benzene rings is 1. The van der Waals surface area contributed by atoms with Crippen molar-refractivity contribution in [2.75, 3.05) is 20.3 Å². The van der Waals surface area contributed by atoms with E-state index < -0.39 is 0 Å². The van der Waals surface area contributed by atoms with Crippen LogP contribution in [0.1, 0.15) is 16.8 Å². The van der Waals surface area contributed by atoms with Crippen LogP contribution in [0.15, 0.2) is 61.1 Å². The van der Waals surface area contributed by atoms with Gasteiger partial charge in [0.25, 0.3) is 5.91 Å². The third-order valence-corrected chi connectivity index (χ3v) is 4.54. The summed E-state index contributed by atoms with van der Waals surface area (Å²) < 4.78 is 17.4. The highest BCUT2D eigenvalue weighted by atomic mass is 16.5. The van der Waals surface area contributed by atoms with Gasteiger partial charge < -0.3 is 19.5 Å². The average molecular weight is 391 g/mol. The Morgan fingerprint density at radius 3 is 2.72 bits per heavy atom. The van der Waals surface area contributed by atoms with Gasteiger partial charge in [0.05, 0.1) is 13.2 Å². The fraction of sp³-hybridized carbons (Fsp3) is 0.227. The first-order valence-electron chi connectivity index (χ1n) is 9.38. The number of nitrogens with zero attached hydrogens (tertiary/aromatic N) is 2. The van der Waals surface area contributed by atoms with E-state index >= 15 is 0 Å². The quantitative estimate of drug-likeness (QED) is 0.693. The lowest BCUT2D eigenvalue weighted by molar-refractivity contribution is 0.0961. The molecule has 1 aliphatic rings. The molecule has 29 heavy (non-hydrogen) atoms. The molecule has 7 nitrogen and oxygen atoms in total. The van der Waals surface area contributed by atoms with Crippen LogP contribution in [0, 0.1) is 0 Å². The summed E-state index contributed by atoms with van der Waals surface area (Å²) in [5.74, 6) is 1.23. The van der Waals surface area contributed by atoms with Gasteiger partial charge in [-0.25, -0.2) is 4.98 Å². The van der Waals surface area contributed by atoms with Crippen LogP contribution in [0.2, 0.25) is 0 Å². The Morgan fingerprint density at radius 2 is 1.97 bits per heavy atom. The number of amides is 1. The lowest BCUT2D eigenvalue weighted by atomic mass is 10.1. The topological polar surface area (TPSA) is 82.6 Å². The Labute approximate surface area is 168 Å². The van der Waals surface area contributed by atoms with Crippen molar-refractivity contribution in [1.29, 1.82) is 0 Å². The molecule has 1 unspecified atom stereocenters. The highest BCUT2D eigenvalue weighted by Gasteiger charge is 2.19. The molecule has 1 fully saturated rings. The molecule has 1 aromatic carbocycles. The Kier molecular flexibility index (Phi) is 5.67. The summed E-state index contributed by atoms with van der Waals surface area (Å²) in [6, 6.07) is 12.7. The number of carbonyl (C=O) groups excluding carboxylic acids is 1. The van der Waals surface area contributed by atoms with Crippen molar-refractivity contribution in [3.05, 3.63) is 66.6 Å². The third-order valence-electron chi connectivity index (χ3n) is 4.54. The van der Waals surface area contributed by atoms with Crippen LogP contribution in [0.4, 0.5) is 0 Å². The van der Waals surface area contributed by atoms with Gasteiger partial charge in [0.1, 0.15) is 17.6 Å². The molecule has 4 rings (SSSR count). The van der Waals surface area contributed by atoms with E-state index in [1.807, 2.05) is 24.3 Å². The van der Waals surface area contributed by atoms with E-state index in [1.165, 1.54) is 0 Å². The van der Waals surface area contributed by atoms with E-state index in [1.54, 1.807) is 43.8 Å². The first kappa shape index (κ1) is 18.9. The van der Waals surface area contributed by atoms with Crippen molar-refractivity contribution in [2.24, 2.45) is 0 Å². The van der Waals surface area contributed by atoms with Gasteiger partial charge in [-0.15, -0.1) is 0 Å². The minimum absolute atomic E-state index is 0.0370. The molecule has 1 aliphatic heterocycles. The van der Waals surface area contributed by atoms with Crippen LogP contribution in [-0.2, 0) is 4.74 Å². The van der Waals surface area contributed by atoms with E-state index in [-0.39, 0.29) is 12.0 Å². The molecule has 1 atom stereocenters. The minimum Gasteiger partial charge on any atom is -0.488 e. The fourth-order valence-corrected chi connectivity index (χ4v) is 3.11. The zero-order valence-electron chi connectivity index (χ0n) is 16.0. The van der Waals surface area contributed by atoms with Gasteiger partial charge in [-0.2, -0.15) is 0 Å². The zero-order chi connectivity index (χ0) is 20.1. The Balaban J connectivity index is 1.67. The summed E-state index contributed by atoms with van der Waals surface area (Å²) in [6.07, 6.45) is 5.87. The van der Waals surface area contributed by atoms with E-state index in [0.29, 0.717) is 36.2 Å². The van der Waals surface area contributed by atoms with Crippen molar-refractivity contribution >= 4 is 5.91 Å². The van der Waals surface area contributed by atoms with Crippen LogP contribution >= 0.6 is 0 Å². The molecule has 2 aromatic heterocycles. The lowest BCUT2D eigenvalue weighted by Crippen LogP contribution is -2.19. The Morgan fingerprint density at radius 1 is 1.14 bits per heavy atom. The van der Waals surface area contributed by atoms with Gasteiger partial charge in [-0.3, -0.25) is 9.78 Å². The number of nitrogens with one attached hydrogen (secondary N) is 1. The average Bonchev–Trinajstić information content (AvgIpc) is 3.27. The molecule has 1 amide bonds. The summed E-state index contributed by atoms with van der Waals surface area (Å²) in [5, 5.41) is 2.63. The van der Waals surface area contributed by atoms with Gasteiger partial charge in [-0.05, 0) is 42.0 Å². The van der Waals surface area contributed by atoms with Crippen molar-refractivity contribution in [3.63, 3.8) is 0 Å². The highest BCUT2D eigenvalue weighted by molar-refractivity contribution is 5.94. The second-order valence-corrected chi connectivity index (χ2v) is 6.57. The molecule has 1 N–H and O–H groups in total. The van der Waals surface area contributed by atoms with Crippen molar-refractivity contribution in [3.8, 4) is 28.5 Å². The second-order valence-electron chi connectivity index (χ2n) is 6.57. The number of hydrogen-bond acceptors (Lipinski definition) is 6.